The summed E-state index contributed by atoms with van der Waals surface area (Å²) in [6.45, 7) is 3.86. The van der Waals surface area contributed by atoms with Crippen molar-refractivity contribution in [3.8, 4) is 10.6 Å². The van der Waals surface area contributed by atoms with Gasteiger partial charge in [-0.3, -0.25) is 14.9 Å². The normalized spacial score (nSPS) is 10.6. The molecule has 1 amide bonds. The second-order valence-electron chi connectivity index (χ2n) is 5.52. The summed E-state index contributed by atoms with van der Waals surface area (Å²) in [6.07, 6.45) is 0.0821. The monoisotopic (exact) mass is 421 g/mol. The molecular formula is C18H16ClN3O3S2. The predicted octanol–water partition coefficient (Wildman–Crippen LogP) is 4.59. The van der Waals surface area contributed by atoms with Gasteiger partial charge in [0.1, 0.15) is 9.88 Å². The molecule has 0 aliphatic carbocycles. The van der Waals surface area contributed by atoms with Crippen molar-refractivity contribution in [1.82, 2.24) is 9.97 Å². The van der Waals surface area contributed by atoms with Crippen LogP contribution in [0, 0.1) is 6.92 Å². The van der Waals surface area contributed by atoms with Crippen molar-refractivity contribution in [3.63, 3.8) is 0 Å². The second-order valence-corrected chi connectivity index (χ2v) is 7.82. The van der Waals surface area contributed by atoms with E-state index in [1.54, 1.807) is 25.3 Å². The van der Waals surface area contributed by atoms with E-state index < -0.39 is 0 Å². The van der Waals surface area contributed by atoms with E-state index in [9.17, 15) is 9.59 Å². The first-order valence-corrected chi connectivity index (χ1v) is 10.2. The molecule has 9 heteroatoms. The Balaban J connectivity index is 1.72. The number of amides is 1. The lowest BCUT2D eigenvalue weighted by Crippen LogP contribution is -2.12. The molecule has 6 nitrogen and oxygen atoms in total. The minimum absolute atomic E-state index is 0.0821. The number of nitrogens with zero attached hydrogens (tertiary/aromatic N) is 2. The van der Waals surface area contributed by atoms with E-state index in [0.717, 1.165) is 10.6 Å². The minimum atomic E-state index is -0.342. The van der Waals surface area contributed by atoms with Crippen molar-refractivity contribution in [2.45, 2.75) is 20.3 Å². The summed E-state index contributed by atoms with van der Waals surface area (Å²) in [5.74, 6) is -0.625. The van der Waals surface area contributed by atoms with Gasteiger partial charge in [-0.1, -0.05) is 23.7 Å². The summed E-state index contributed by atoms with van der Waals surface area (Å²) in [6, 6.07) is 7.34. The van der Waals surface area contributed by atoms with Crippen LogP contribution in [0.25, 0.3) is 10.6 Å². The van der Waals surface area contributed by atoms with Crippen LogP contribution in [0.3, 0.4) is 0 Å². The highest BCUT2D eigenvalue weighted by molar-refractivity contribution is 7.17. The van der Waals surface area contributed by atoms with E-state index in [4.69, 9.17) is 16.3 Å². The molecule has 27 heavy (non-hydrogen) atoms. The van der Waals surface area contributed by atoms with Gasteiger partial charge in [0.25, 0.3) is 5.91 Å². The fraction of sp³-hybridized carbons (Fsp3) is 0.222. The summed E-state index contributed by atoms with van der Waals surface area (Å²) >= 11 is 8.58. The van der Waals surface area contributed by atoms with Gasteiger partial charge in [-0.2, -0.15) is 0 Å². The van der Waals surface area contributed by atoms with E-state index in [-0.39, 0.29) is 18.3 Å². The SMILES string of the molecule is CCOC(=O)Cc1csc(NC(=O)c2sc(-c3cccc(Cl)c3)nc2C)n1. The smallest absolute Gasteiger partial charge is 0.311 e. The Morgan fingerprint density at radius 1 is 1.30 bits per heavy atom. The number of hydrogen-bond donors (Lipinski definition) is 1. The molecule has 140 valence electrons. The third kappa shape index (κ3) is 4.91. The van der Waals surface area contributed by atoms with Crippen molar-refractivity contribution in [3.05, 3.63) is 50.9 Å². The molecule has 0 atom stereocenters. The number of aromatic nitrogens is 2. The number of nitrogens with one attached hydrogen (secondary N) is 1. The van der Waals surface area contributed by atoms with Crippen LogP contribution in [-0.4, -0.2) is 28.5 Å². The number of carbonyl (C=O) groups excluding carboxylic acids is 2. The molecule has 2 heterocycles. The topological polar surface area (TPSA) is 81.2 Å². The van der Waals surface area contributed by atoms with Gasteiger partial charge in [-0.25, -0.2) is 9.97 Å². The molecular weight excluding hydrogens is 406 g/mol. The fourth-order valence-corrected chi connectivity index (χ4v) is 4.16. The maximum atomic E-state index is 12.6. The Labute approximate surface area is 169 Å². The van der Waals surface area contributed by atoms with Crippen LogP contribution < -0.4 is 5.32 Å². The minimum Gasteiger partial charge on any atom is -0.466 e. The van der Waals surface area contributed by atoms with Gasteiger partial charge in [-0.15, -0.1) is 22.7 Å². The number of esters is 1. The molecule has 0 saturated carbocycles. The molecule has 0 saturated heterocycles. The number of carbonyl (C=O) groups is 2. The van der Waals surface area contributed by atoms with Crippen molar-refractivity contribution in [2.75, 3.05) is 11.9 Å². The lowest BCUT2D eigenvalue weighted by molar-refractivity contribution is -0.142. The predicted molar refractivity (Wildman–Crippen MR) is 108 cm³/mol. The second kappa shape index (κ2) is 8.60. The average Bonchev–Trinajstić information content (AvgIpc) is 3.21. The van der Waals surface area contributed by atoms with E-state index >= 15 is 0 Å². The Hall–Kier alpha value is -2.29. The van der Waals surface area contributed by atoms with Gasteiger partial charge in [0.2, 0.25) is 0 Å². The molecule has 1 N–H and O–H groups in total. The highest BCUT2D eigenvalue weighted by Gasteiger charge is 2.18. The number of benzene rings is 1. The molecule has 0 aliphatic heterocycles. The Morgan fingerprint density at radius 2 is 2.11 bits per heavy atom. The number of rotatable bonds is 6. The third-order valence-corrected chi connectivity index (χ3v) is 5.72. The number of aryl methyl sites for hydroxylation is 1. The summed E-state index contributed by atoms with van der Waals surface area (Å²) in [5.41, 5.74) is 2.06. The molecule has 0 radical (unpaired) electrons. The molecule has 3 rings (SSSR count). The van der Waals surface area contributed by atoms with Crippen LogP contribution in [-0.2, 0) is 16.0 Å². The maximum Gasteiger partial charge on any atom is 0.311 e. The Kier molecular flexibility index (Phi) is 6.20. The lowest BCUT2D eigenvalue weighted by Gasteiger charge is -2.00. The van der Waals surface area contributed by atoms with Crippen molar-refractivity contribution >= 4 is 51.3 Å². The Bertz CT molecular complexity index is 984. The first kappa shape index (κ1) is 19.5. The largest absolute Gasteiger partial charge is 0.466 e. The maximum absolute atomic E-state index is 12.6. The average molecular weight is 422 g/mol. The number of hydrogen-bond acceptors (Lipinski definition) is 7. The molecule has 0 bridgehead atoms. The first-order valence-electron chi connectivity index (χ1n) is 8.11. The number of anilines is 1. The third-order valence-electron chi connectivity index (χ3n) is 3.48. The van der Waals surface area contributed by atoms with Crippen molar-refractivity contribution < 1.29 is 14.3 Å². The molecule has 0 unspecified atom stereocenters. The molecule has 1 aromatic carbocycles. The van der Waals surface area contributed by atoms with Crippen LogP contribution in [0.15, 0.2) is 29.6 Å². The van der Waals surface area contributed by atoms with Gasteiger partial charge in [0.05, 0.1) is 24.4 Å². The van der Waals surface area contributed by atoms with Crippen molar-refractivity contribution in [1.29, 1.82) is 0 Å². The summed E-state index contributed by atoms with van der Waals surface area (Å²) < 4.78 is 4.90. The number of thiazole rings is 2. The summed E-state index contributed by atoms with van der Waals surface area (Å²) in [7, 11) is 0. The van der Waals surface area contributed by atoms with Gasteiger partial charge in [0, 0.05) is 16.0 Å². The molecule has 0 fully saturated rings. The van der Waals surface area contributed by atoms with E-state index in [1.807, 2.05) is 18.2 Å². The fourth-order valence-electron chi connectivity index (χ4n) is 2.31. The molecule has 3 aromatic rings. The quantitative estimate of drug-likeness (QED) is 0.589. The molecule has 0 aliphatic rings. The summed E-state index contributed by atoms with van der Waals surface area (Å²) in [4.78, 5) is 33.3. The Morgan fingerprint density at radius 3 is 2.85 bits per heavy atom. The first-order chi connectivity index (χ1) is 13.0. The zero-order chi connectivity index (χ0) is 19.4. The molecule has 0 spiro atoms. The van der Waals surface area contributed by atoms with E-state index in [2.05, 4.69) is 15.3 Å². The summed E-state index contributed by atoms with van der Waals surface area (Å²) in [5, 5.41) is 6.25. The number of halogens is 1. The van der Waals surface area contributed by atoms with Crippen molar-refractivity contribution in [2.24, 2.45) is 0 Å². The van der Waals surface area contributed by atoms with Gasteiger partial charge >= 0.3 is 5.97 Å². The van der Waals surface area contributed by atoms with Gasteiger partial charge < -0.3 is 4.74 Å². The molecule has 2 aromatic heterocycles. The van der Waals surface area contributed by atoms with E-state index in [0.29, 0.717) is 33.0 Å². The highest BCUT2D eigenvalue weighted by atomic mass is 35.5. The van der Waals surface area contributed by atoms with E-state index in [1.165, 1.54) is 22.7 Å². The number of ether oxygens (including phenoxy) is 1. The lowest BCUT2D eigenvalue weighted by atomic mass is 10.2. The van der Waals surface area contributed by atoms with Gasteiger partial charge in [-0.05, 0) is 26.0 Å². The van der Waals surface area contributed by atoms with Crippen LogP contribution in [0.5, 0.6) is 0 Å². The van der Waals surface area contributed by atoms with Crippen LogP contribution >= 0.6 is 34.3 Å². The van der Waals surface area contributed by atoms with Crippen LogP contribution in [0.1, 0.15) is 28.0 Å². The van der Waals surface area contributed by atoms with Crippen LogP contribution in [0.4, 0.5) is 5.13 Å². The van der Waals surface area contributed by atoms with Crippen LogP contribution in [0.2, 0.25) is 5.02 Å². The highest BCUT2D eigenvalue weighted by Crippen LogP contribution is 2.30. The standard InChI is InChI=1S/C18H16ClN3O3S2/c1-3-25-14(23)8-13-9-26-18(21-13)22-16(24)15-10(2)20-17(27-15)11-5-4-6-12(19)7-11/h4-7,9H,3,8H2,1-2H3,(H,21,22,24). The zero-order valence-electron chi connectivity index (χ0n) is 14.6. The van der Waals surface area contributed by atoms with Gasteiger partial charge in [0.15, 0.2) is 5.13 Å². The zero-order valence-corrected chi connectivity index (χ0v) is 17.0.